The Bertz CT molecular complexity index is 605. The van der Waals surface area contributed by atoms with Gasteiger partial charge >= 0.3 is 0 Å². The Morgan fingerprint density at radius 2 is 1.92 bits per heavy atom. The number of rotatable bonds is 5. The summed E-state index contributed by atoms with van der Waals surface area (Å²) in [6.45, 7) is 3.37. The molecule has 7 heteroatoms. The number of hydrogen-bond donors (Lipinski definition) is 1. The molecule has 2 aliphatic rings. The molecule has 0 spiro atoms. The molecule has 1 N–H and O–H groups in total. The van der Waals surface area contributed by atoms with Gasteiger partial charge in [0.2, 0.25) is 5.91 Å². The maximum absolute atomic E-state index is 12.6. The van der Waals surface area contributed by atoms with Crippen LogP contribution in [-0.2, 0) is 14.3 Å². The lowest BCUT2D eigenvalue weighted by Gasteiger charge is -2.32. The number of benzene rings is 1. The fourth-order valence-corrected chi connectivity index (χ4v) is 3.27. The van der Waals surface area contributed by atoms with Crippen molar-refractivity contribution in [3.05, 3.63) is 29.8 Å². The highest BCUT2D eigenvalue weighted by atomic mass is 16.6. The molecule has 0 radical (unpaired) electrons. The van der Waals surface area contributed by atoms with Crippen LogP contribution in [0.2, 0.25) is 0 Å². The van der Waals surface area contributed by atoms with Gasteiger partial charge in [0, 0.05) is 31.1 Å². The Morgan fingerprint density at radius 3 is 2.54 bits per heavy atom. The fourth-order valence-electron chi connectivity index (χ4n) is 3.27. The summed E-state index contributed by atoms with van der Waals surface area (Å²) in [5.41, 5.74) is 0.642. The van der Waals surface area contributed by atoms with Gasteiger partial charge in [0.25, 0.3) is 5.91 Å². The molecule has 1 aromatic rings. The van der Waals surface area contributed by atoms with E-state index >= 15 is 0 Å². The number of carbonyl (C=O) groups is 2. The van der Waals surface area contributed by atoms with Crippen molar-refractivity contribution in [3.8, 4) is 5.75 Å². The minimum Gasteiger partial charge on any atom is -0.497 e. The second kappa shape index (κ2) is 9.00. The normalized spacial score (nSPS) is 21.3. The molecule has 2 fully saturated rings. The summed E-state index contributed by atoms with van der Waals surface area (Å²) >= 11 is 0. The van der Waals surface area contributed by atoms with Crippen molar-refractivity contribution in [1.29, 1.82) is 0 Å². The SMILES string of the molecule is COc1ccc(C(=O)N2CCC(C(=O)NCC3COCCO3)CC2)cc1. The summed E-state index contributed by atoms with van der Waals surface area (Å²) in [5.74, 6) is 0.707. The molecule has 2 heterocycles. The highest BCUT2D eigenvalue weighted by Gasteiger charge is 2.28. The van der Waals surface area contributed by atoms with E-state index < -0.39 is 0 Å². The Morgan fingerprint density at radius 1 is 1.19 bits per heavy atom. The van der Waals surface area contributed by atoms with Crippen LogP contribution in [-0.4, -0.2) is 69.4 Å². The summed E-state index contributed by atoms with van der Waals surface area (Å²) in [5, 5.41) is 2.95. The van der Waals surface area contributed by atoms with Crippen LogP contribution in [0, 0.1) is 5.92 Å². The first-order chi connectivity index (χ1) is 12.7. The van der Waals surface area contributed by atoms with E-state index in [1.165, 1.54) is 0 Å². The van der Waals surface area contributed by atoms with E-state index in [1.807, 2.05) is 4.90 Å². The van der Waals surface area contributed by atoms with Crippen molar-refractivity contribution in [3.63, 3.8) is 0 Å². The average molecular weight is 362 g/mol. The fraction of sp³-hybridized carbons (Fsp3) is 0.579. The molecule has 2 amide bonds. The van der Waals surface area contributed by atoms with E-state index in [2.05, 4.69) is 5.32 Å². The first-order valence-electron chi connectivity index (χ1n) is 9.07. The van der Waals surface area contributed by atoms with Crippen molar-refractivity contribution in [2.24, 2.45) is 5.92 Å². The topological polar surface area (TPSA) is 77.1 Å². The van der Waals surface area contributed by atoms with Gasteiger partial charge in [-0.2, -0.15) is 0 Å². The van der Waals surface area contributed by atoms with Crippen molar-refractivity contribution >= 4 is 11.8 Å². The van der Waals surface area contributed by atoms with Gasteiger partial charge in [-0.15, -0.1) is 0 Å². The highest BCUT2D eigenvalue weighted by Crippen LogP contribution is 2.20. The van der Waals surface area contributed by atoms with Gasteiger partial charge < -0.3 is 24.4 Å². The minimum atomic E-state index is -0.0653. The number of hydrogen-bond acceptors (Lipinski definition) is 5. The number of nitrogens with zero attached hydrogens (tertiary/aromatic N) is 1. The molecular formula is C19H26N2O5. The van der Waals surface area contributed by atoms with Crippen molar-refractivity contribution in [2.45, 2.75) is 18.9 Å². The van der Waals surface area contributed by atoms with Gasteiger partial charge in [0.05, 0.1) is 33.0 Å². The molecule has 2 saturated heterocycles. The van der Waals surface area contributed by atoms with Gasteiger partial charge in [0.1, 0.15) is 5.75 Å². The first kappa shape index (κ1) is 18.7. The van der Waals surface area contributed by atoms with E-state index in [4.69, 9.17) is 14.2 Å². The number of methoxy groups -OCH3 is 1. The van der Waals surface area contributed by atoms with Crippen LogP contribution >= 0.6 is 0 Å². The molecule has 3 rings (SSSR count). The largest absolute Gasteiger partial charge is 0.497 e. The molecule has 2 aliphatic heterocycles. The zero-order valence-corrected chi connectivity index (χ0v) is 15.1. The Labute approximate surface area is 153 Å². The third kappa shape index (κ3) is 4.74. The van der Waals surface area contributed by atoms with Crippen LogP contribution in [0.5, 0.6) is 5.75 Å². The van der Waals surface area contributed by atoms with Crippen molar-refractivity contribution in [2.75, 3.05) is 46.6 Å². The van der Waals surface area contributed by atoms with Crippen LogP contribution in [0.1, 0.15) is 23.2 Å². The maximum Gasteiger partial charge on any atom is 0.253 e. The molecule has 1 unspecified atom stereocenters. The van der Waals surface area contributed by atoms with E-state index in [1.54, 1.807) is 31.4 Å². The van der Waals surface area contributed by atoms with Gasteiger partial charge in [-0.25, -0.2) is 0 Å². The van der Waals surface area contributed by atoms with Crippen LogP contribution in [0.4, 0.5) is 0 Å². The lowest BCUT2D eigenvalue weighted by molar-refractivity contribution is -0.128. The quantitative estimate of drug-likeness (QED) is 0.848. The zero-order valence-electron chi connectivity index (χ0n) is 15.1. The molecule has 142 valence electrons. The van der Waals surface area contributed by atoms with E-state index in [9.17, 15) is 9.59 Å². The van der Waals surface area contributed by atoms with Gasteiger partial charge in [0.15, 0.2) is 0 Å². The Balaban J connectivity index is 1.44. The van der Waals surface area contributed by atoms with Gasteiger partial charge in [-0.05, 0) is 37.1 Å². The Hall–Kier alpha value is -2.12. The first-order valence-corrected chi connectivity index (χ1v) is 9.07. The number of likely N-dealkylation sites (tertiary alicyclic amines) is 1. The second-order valence-corrected chi connectivity index (χ2v) is 6.61. The van der Waals surface area contributed by atoms with Crippen molar-refractivity contribution < 1.29 is 23.8 Å². The lowest BCUT2D eigenvalue weighted by Crippen LogP contribution is -2.45. The number of ether oxygens (including phenoxy) is 3. The summed E-state index contributed by atoms with van der Waals surface area (Å²) in [4.78, 5) is 26.7. The standard InChI is InChI=1S/C19H26N2O5/c1-24-16-4-2-15(3-5-16)19(23)21-8-6-14(7-9-21)18(22)20-12-17-13-25-10-11-26-17/h2-5,14,17H,6-13H2,1H3,(H,20,22). The number of carbonyl (C=O) groups excluding carboxylic acids is 2. The molecule has 26 heavy (non-hydrogen) atoms. The van der Waals surface area contributed by atoms with Gasteiger partial charge in [-0.3, -0.25) is 9.59 Å². The molecule has 1 aromatic carbocycles. The molecule has 0 aromatic heterocycles. The predicted molar refractivity (Wildman–Crippen MR) is 95.2 cm³/mol. The molecule has 1 atom stereocenters. The molecule has 7 nitrogen and oxygen atoms in total. The predicted octanol–water partition coefficient (Wildman–Crippen LogP) is 1.08. The minimum absolute atomic E-state index is 0.000680. The molecule has 0 saturated carbocycles. The third-order valence-corrected chi connectivity index (χ3v) is 4.88. The highest BCUT2D eigenvalue weighted by molar-refractivity contribution is 5.94. The van der Waals surface area contributed by atoms with Crippen LogP contribution in [0.3, 0.4) is 0 Å². The van der Waals surface area contributed by atoms with E-state index in [-0.39, 0.29) is 23.8 Å². The van der Waals surface area contributed by atoms with Crippen LogP contribution in [0.15, 0.2) is 24.3 Å². The molecule has 0 bridgehead atoms. The average Bonchev–Trinajstić information content (AvgIpc) is 2.72. The van der Waals surface area contributed by atoms with E-state index in [0.717, 1.165) is 5.75 Å². The lowest BCUT2D eigenvalue weighted by atomic mass is 9.95. The number of nitrogens with one attached hydrogen (secondary N) is 1. The summed E-state index contributed by atoms with van der Waals surface area (Å²) in [6.07, 6.45) is 1.29. The summed E-state index contributed by atoms with van der Waals surface area (Å²) < 4.78 is 16.0. The maximum atomic E-state index is 12.6. The Kier molecular flexibility index (Phi) is 6.46. The number of amides is 2. The number of piperidine rings is 1. The second-order valence-electron chi connectivity index (χ2n) is 6.61. The van der Waals surface area contributed by atoms with Crippen LogP contribution in [0.25, 0.3) is 0 Å². The monoisotopic (exact) mass is 362 g/mol. The van der Waals surface area contributed by atoms with Gasteiger partial charge in [-0.1, -0.05) is 0 Å². The summed E-state index contributed by atoms with van der Waals surface area (Å²) in [6, 6.07) is 7.10. The zero-order chi connectivity index (χ0) is 18.4. The van der Waals surface area contributed by atoms with E-state index in [0.29, 0.717) is 57.9 Å². The smallest absolute Gasteiger partial charge is 0.253 e. The van der Waals surface area contributed by atoms with Crippen LogP contribution < -0.4 is 10.1 Å². The molecule has 0 aliphatic carbocycles. The molecular weight excluding hydrogens is 336 g/mol. The summed E-state index contributed by atoms with van der Waals surface area (Å²) in [7, 11) is 1.60. The third-order valence-electron chi connectivity index (χ3n) is 4.88. The van der Waals surface area contributed by atoms with Crippen molar-refractivity contribution in [1.82, 2.24) is 10.2 Å².